The minimum absolute atomic E-state index is 0.179. The van der Waals surface area contributed by atoms with Crippen LogP contribution in [0, 0.1) is 0 Å². The number of carboxylic acid groups (broad SMARTS) is 1. The molecule has 0 spiro atoms. The molecule has 0 saturated carbocycles. The van der Waals surface area contributed by atoms with E-state index in [0.29, 0.717) is 11.2 Å². The Morgan fingerprint density at radius 3 is 2.82 bits per heavy atom. The number of nitrogens with two attached hydrogens (primary N) is 1. The van der Waals surface area contributed by atoms with Crippen LogP contribution in [-0.4, -0.2) is 17.4 Å². The number of hydrogen-bond donors (Lipinski definition) is 2. The molecule has 1 unspecified atom stereocenters. The van der Waals surface area contributed by atoms with Crippen LogP contribution in [0.25, 0.3) is 0 Å². The highest BCUT2D eigenvalue weighted by Crippen LogP contribution is 2.35. The van der Waals surface area contributed by atoms with Gasteiger partial charge in [-0.1, -0.05) is 0 Å². The van der Waals surface area contributed by atoms with Gasteiger partial charge in [-0.3, -0.25) is 0 Å². The lowest BCUT2D eigenvalue weighted by Gasteiger charge is -2.20. The number of aryl methyl sites for hydroxylation is 2. The second kappa shape index (κ2) is 4.58. The summed E-state index contributed by atoms with van der Waals surface area (Å²) >= 11 is 1.45. The highest BCUT2D eigenvalue weighted by Gasteiger charge is 2.38. The number of aliphatic carboxylic acids is 1. The Bertz CT molecular complexity index is 431. The fraction of sp³-hybridized carbons (Fsp3) is 0.500. The van der Waals surface area contributed by atoms with Crippen LogP contribution in [0.1, 0.15) is 34.6 Å². The number of carbonyl (C=O) groups is 2. The van der Waals surface area contributed by atoms with E-state index in [1.165, 1.54) is 21.8 Å². The Balaban J connectivity index is 2.39. The summed E-state index contributed by atoms with van der Waals surface area (Å²) < 4.78 is 0. The molecule has 1 aromatic heterocycles. The summed E-state index contributed by atoms with van der Waals surface area (Å²) in [5.41, 5.74) is 5.52. The van der Waals surface area contributed by atoms with Crippen molar-refractivity contribution in [3.8, 4) is 0 Å². The van der Waals surface area contributed by atoms with E-state index in [1.54, 1.807) is 0 Å². The minimum atomic E-state index is -1.55. The van der Waals surface area contributed by atoms with E-state index in [4.69, 9.17) is 5.73 Å². The molecule has 5 heteroatoms. The van der Waals surface area contributed by atoms with Crippen molar-refractivity contribution in [1.29, 1.82) is 0 Å². The first-order chi connectivity index (χ1) is 8.08. The Kier molecular flexibility index (Phi) is 3.31. The van der Waals surface area contributed by atoms with Gasteiger partial charge < -0.3 is 15.6 Å². The van der Waals surface area contributed by atoms with Gasteiger partial charge >= 0.3 is 5.97 Å². The molecule has 0 amide bonds. The molecule has 0 aliphatic heterocycles. The Hall–Kier alpha value is -1.20. The molecule has 1 heterocycles. The van der Waals surface area contributed by atoms with Crippen LogP contribution >= 0.6 is 11.3 Å². The molecule has 0 radical (unpaired) electrons. The van der Waals surface area contributed by atoms with Gasteiger partial charge in [-0.2, -0.15) is 0 Å². The molecule has 1 aliphatic rings. The quantitative estimate of drug-likeness (QED) is 0.796. The minimum Gasteiger partial charge on any atom is -0.480 e. The van der Waals surface area contributed by atoms with Crippen molar-refractivity contribution in [2.75, 3.05) is 0 Å². The summed E-state index contributed by atoms with van der Waals surface area (Å²) in [6.45, 7) is 0. The predicted octanol–water partition coefficient (Wildman–Crippen LogP) is 1.45. The zero-order valence-corrected chi connectivity index (χ0v) is 10.3. The highest BCUT2D eigenvalue weighted by molar-refractivity contribution is 7.12. The predicted molar refractivity (Wildman–Crippen MR) is 65.1 cm³/mol. The van der Waals surface area contributed by atoms with Crippen molar-refractivity contribution in [1.82, 2.24) is 0 Å². The van der Waals surface area contributed by atoms with E-state index < -0.39 is 11.5 Å². The highest BCUT2D eigenvalue weighted by atomic mass is 32.1. The molecule has 2 rings (SSSR count). The molecule has 1 atom stereocenters. The van der Waals surface area contributed by atoms with Crippen LogP contribution in [0.5, 0.6) is 0 Å². The van der Waals surface area contributed by atoms with Gasteiger partial charge in [0.1, 0.15) is 6.29 Å². The molecule has 1 aliphatic carbocycles. The van der Waals surface area contributed by atoms with E-state index in [2.05, 4.69) is 0 Å². The molecule has 3 N–H and O–H groups in total. The van der Waals surface area contributed by atoms with Gasteiger partial charge in [-0.25, -0.2) is 4.79 Å². The number of rotatable bonds is 4. The summed E-state index contributed by atoms with van der Waals surface area (Å²) in [6, 6.07) is 1.87. The first-order valence-electron chi connectivity index (χ1n) is 5.66. The number of carbonyl (C=O) groups excluding carboxylic acids is 1. The van der Waals surface area contributed by atoms with Gasteiger partial charge in [0.05, 0.1) is 0 Å². The largest absolute Gasteiger partial charge is 0.480 e. The molecular formula is C12H15NO3S. The van der Waals surface area contributed by atoms with E-state index >= 15 is 0 Å². The molecule has 0 saturated heterocycles. The smallest absolute Gasteiger partial charge is 0.329 e. The molecule has 92 valence electrons. The fourth-order valence-electron chi connectivity index (χ4n) is 2.14. The molecule has 0 bridgehead atoms. The number of hydrogen-bond acceptors (Lipinski definition) is 4. The third-order valence-corrected chi connectivity index (χ3v) is 4.64. The molecule has 17 heavy (non-hydrogen) atoms. The van der Waals surface area contributed by atoms with Crippen LogP contribution in [0.2, 0.25) is 0 Å². The van der Waals surface area contributed by atoms with Crippen LogP contribution in [0.15, 0.2) is 6.07 Å². The van der Waals surface area contributed by atoms with Crippen LogP contribution < -0.4 is 5.73 Å². The van der Waals surface area contributed by atoms with Crippen molar-refractivity contribution in [3.63, 3.8) is 0 Å². The number of fused-ring (bicyclic) bond motifs is 1. The number of aldehydes is 1. The standard InChI is InChI=1S/C12H15NO3S/c13-12(5-6-14,11(15)16)10-7-8-3-1-2-4-9(8)17-10/h6-7H,1-5,13H2,(H,15,16). The third-order valence-electron chi connectivity index (χ3n) is 3.22. The maximum absolute atomic E-state index is 11.2. The first kappa shape index (κ1) is 12.3. The van der Waals surface area contributed by atoms with Crippen LogP contribution in [0.4, 0.5) is 0 Å². The molecule has 0 fully saturated rings. The van der Waals surface area contributed by atoms with E-state index in [-0.39, 0.29) is 6.42 Å². The number of thiophene rings is 1. The van der Waals surface area contributed by atoms with Gasteiger partial charge in [-0.15, -0.1) is 11.3 Å². The Morgan fingerprint density at radius 1 is 1.53 bits per heavy atom. The van der Waals surface area contributed by atoms with Crippen molar-refractivity contribution in [2.24, 2.45) is 5.73 Å². The van der Waals surface area contributed by atoms with Crippen LogP contribution in [0.3, 0.4) is 0 Å². The van der Waals surface area contributed by atoms with Gasteiger partial charge in [0.2, 0.25) is 0 Å². The lowest BCUT2D eigenvalue weighted by atomic mass is 9.93. The average molecular weight is 253 g/mol. The number of carboxylic acids is 1. The third kappa shape index (κ3) is 2.12. The first-order valence-corrected chi connectivity index (χ1v) is 6.47. The van der Waals surface area contributed by atoms with Gasteiger partial charge in [0.25, 0.3) is 0 Å². The zero-order valence-electron chi connectivity index (χ0n) is 9.44. The van der Waals surface area contributed by atoms with E-state index in [9.17, 15) is 14.7 Å². The molecule has 1 aromatic rings. The second-order valence-electron chi connectivity index (χ2n) is 4.41. The summed E-state index contributed by atoms with van der Waals surface area (Å²) in [4.78, 5) is 23.7. The van der Waals surface area contributed by atoms with Gasteiger partial charge in [0.15, 0.2) is 5.54 Å². The van der Waals surface area contributed by atoms with E-state index in [1.807, 2.05) is 6.07 Å². The molecule has 4 nitrogen and oxygen atoms in total. The molecular weight excluding hydrogens is 238 g/mol. The van der Waals surface area contributed by atoms with E-state index in [0.717, 1.165) is 25.7 Å². The summed E-state index contributed by atoms with van der Waals surface area (Å²) in [5, 5.41) is 9.20. The SMILES string of the molecule is NC(CC=O)(C(=O)O)c1cc2c(s1)CCCC2. The van der Waals surface area contributed by atoms with Crippen molar-refractivity contribution < 1.29 is 14.7 Å². The fourth-order valence-corrected chi connectivity index (χ4v) is 3.49. The average Bonchev–Trinajstić information content (AvgIpc) is 2.72. The maximum Gasteiger partial charge on any atom is 0.329 e. The van der Waals surface area contributed by atoms with Gasteiger partial charge in [0, 0.05) is 16.2 Å². The van der Waals surface area contributed by atoms with Crippen molar-refractivity contribution in [3.05, 3.63) is 21.4 Å². The second-order valence-corrected chi connectivity index (χ2v) is 5.55. The Morgan fingerprint density at radius 2 is 2.24 bits per heavy atom. The Labute approximate surface area is 103 Å². The zero-order chi connectivity index (χ0) is 12.5. The monoisotopic (exact) mass is 253 g/mol. The summed E-state index contributed by atoms with van der Waals surface area (Å²) in [7, 11) is 0. The summed E-state index contributed by atoms with van der Waals surface area (Å²) in [6.07, 6.45) is 4.67. The van der Waals surface area contributed by atoms with Gasteiger partial charge in [-0.05, 0) is 37.3 Å². The lowest BCUT2D eigenvalue weighted by Crippen LogP contribution is -2.44. The topological polar surface area (TPSA) is 80.4 Å². The summed E-state index contributed by atoms with van der Waals surface area (Å²) in [5.74, 6) is -1.14. The lowest BCUT2D eigenvalue weighted by molar-refractivity contribution is -0.144. The maximum atomic E-state index is 11.2. The van der Waals surface area contributed by atoms with Crippen LogP contribution in [-0.2, 0) is 28.0 Å². The molecule has 0 aromatic carbocycles. The van der Waals surface area contributed by atoms with Crippen molar-refractivity contribution >= 4 is 23.6 Å². The van der Waals surface area contributed by atoms with Crippen molar-refractivity contribution in [2.45, 2.75) is 37.6 Å². The normalized spacial score (nSPS) is 18.2.